The summed E-state index contributed by atoms with van der Waals surface area (Å²) in [5.74, 6) is -1.36. The van der Waals surface area contributed by atoms with Gasteiger partial charge in [0.1, 0.15) is 6.04 Å². The zero-order valence-corrected chi connectivity index (χ0v) is 15.1. The molecule has 0 fully saturated rings. The number of amides is 2. The van der Waals surface area contributed by atoms with Gasteiger partial charge in [-0.25, -0.2) is 8.42 Å². The summed E-state index contributed by atoms with van der Waals surface area (Å²) in [4.78, 5) is 23.8. The summed E-state index contributed by atoms with van der Waals surface area (Å²) < 4.78 is 24.6. The minimum Gasteiger partial charge on any atom is -0.368 e. The van der Waals surface area contributed by atoms with Gasteiger partial charge in [-0.3, -0.25) is 9.59 Å². The van der Waals surface area contributed by atoms with Crippen LogP contribution in [0.2, 0.25) is 0 Å². The number of nitrogens with two attached hydrogens (primary N) is 1. The molecule has 0 heterocycles. The highest BCUT2D eigenvalue weighted by Gasteiger charge is 2.22. The molecule has 0 aliphatic heterocycles. The molecule has 2 rings (SSSR count). The molecule has 26 heavy (non-hydrogen) atoms. The van der Waals surface area contributed by atoms with Gasteiger partial charge in [0.2, 0.25) is 11.8 Å². The molecule has 0 unspecified atom stereocenters. The maximum atomic E-state index is 12.3. The number of benzene rings is 2. The molecule has 0 bridgehead atoms. The minimum atomic E-state index is -3.54. The van der Waals surface area contributed by atoms with Gasteiger partial charge in [0.25, 0.3) is 0 Å². The van der Waals surface area contributed by atoms with Gasteiger partial charge in [-0.1, -0.05) is 48.5 Å². The zero-order chi connectivity index (χ0) is 19.0. The van der Waals surface area contributed by atoms with E-state index in [0.717, 1.165) is 5.56 Å². The van der Waals surface area contributed by atoms with Crippen LogP contribution in [0.1, 0.15) is 18.4 Å². The molecule has 2 amide bonds. The Morgan fingerprint density at radius 1 is 0.962 bits per heavy atom. The molecule has 6 nitrogen and oxygen atoms in total. The fraction of sp³-hybridized carbons (Fsp3) is 0.263. The van der Waals surface area contributed by atoms with Gasteiger partial charge < -0.3 is 11.1 Å². The van der Waals surface area contributed by atoms with Crippen molar-refractivity contribution < 1.29 is 18.0 Å². The Kier molecular flexibility index (Phi) is 6.91. The monoisotopic (exact) mass is 374 g/mol. The van der Waals surface area contributed by atoms with Crippen molar-refractivity contribution in [3.8, 4) is 0 Å². The van der Waals surface area contributed by atoms with E-state index >= 15 is 0 Å². The van der Waals surface area contributed by atoms with Crippen molar-refractivity contribution in [2.24, 2.45) is 5.73 Å². The third-order valence-corrected chi connectivity index (χ3v) is 5.70. The fourth-order valence-corrected chi connectivity index (χ4v) is 3.83. The highest BCUT2D eigenvalue weighted by molar-refractivity contribution is 7.91. The van der Waals surface area contributed by atoms with E-state index in [4.69, 9.17) is 5.73 Å². The van der Waals surface area contributed by atoms with Crippen LogP contribution in [0.5, 0.6) is 0 Å². The molecule has 2 aromatic rings. The van der Waals surface area contributed by atoms with Crippen LogP contribution in [0.4, 0.5) is 0 Å². The van der Waals surface area contributed by atoms with Gasteiger partial charge in [0.05, 0.1) is 10.6 Å². The summed E-state index contributed by atoms with van der Waals surface area (Å²) >= 11 is 0. The molecule has 0 aromatic heterocycles. The second kappa shape index (κ2) is 9.15. The van der Waals surface area contributed by atoms with E-state index < -0.39 is 21.8 Å². The van der Waals surface area contributed by atoms with Crippen molar-refractivity contribution in [1.29, 1.82) is 0 Å². The molecule has 0 aliphatic carbocycles. The molecule has 0 radical (unpaired) electrons. The third kappa shape index (κ3) is 6.00. The van der Waals surface area contributed by atoms with Crippen LogP contribution in [0, 0.1) is 0 Å². The van der Waals surface area contributed by atoms with E-state index in [1.54, 1.807) is 18.2 Å². The number of sulfone groups is 1. The first-order valence-corrected chi connectivity index (χ1v) is 9.94. The Balaban J connectivity index is 1.90. The predicted octanol–water partition coefficient (Wildman–Crippen LogP) is 1.45. The lowest BCUT2D eigenvalue weighted by atomic mass is 10.1. The van der Waals surface area contributed by atoms with Gasteiger partial charge in [-0.2, -0.15) is 0 Å². The first kappa shape index (κ1) is 19.7. The lowest BCUT2D eigenvalue weighted by Gasteiger charge is -2.15. The van der Waals surface area contributed by atoms with Crippen molar-refractivity contribution in [3.63, 3.8) is 0 Å². The second-order valence-corrected chi connectivity index (χ2v) is 8.04. The van der Waals surface area contributed by atoms with E-state index in [2.05, 4.69) is 5.32 Å². The smallest absolute Gasteiger partial charge is 0.240 e. The van der Waals surface area contributed by atoms with Gasteiger partial charge >= 0.3 is 0 Å². The van der Waals surface area contributed by atoms with Crippen molar-refractivity contribution >= 4 is 21.7 Å². The summed E-state index contributed by atoms with van der Waals surface area (Å²) in [7, 11) is -3.54. The number of rotatable bonds is 9. The molecule has 2 aromatic carbocycles. The summed E-state index contributed by atoms with van der Waals surface area (Å²) in [5, 5.41) is 2.53. The Morgan fingerprint density at radius 2 is 1.54 bits per heavy atom. The molecule has 3 N–H and O–H groups in total. The normalized spacial score (nSPS) is 12.3. The van der Waals surface area contributed by atoms with E-state index in [1.165, 1.54) is 12.1 Å². The van der Waals surface area contributed by atoms with Crippen molar-refractivity contribution in [1.82, 2.24) is 5.32 Å². The van der Waals surface area contributed by atoms with E-state index in [9.17, 15) is 18.0 Å². The van der Waals surface area contributed by atoms with Crippen molar-refractivity contribution in [3.05, 3.63) is 66.2 Å². The number of aryl methyl sites for hydroxylation is 1. The van der Waals surface area contributed by atoms with Crippen LogP contribution in [-0.4, -0.2) is 32.0 Å². The van der Waals surface area contributed by atoms with E-state index in [0.29, 0.717) is 6.42 Å². The van der Waals surface area contributed by atoms with Crippen molar-refractivity contribution in [2.45, 2.75) is 30.2 Å². The number of carbonyl (C=O) groups excluding carboxylic acids is 2. The van der Waals surface area contributed by atoms with E-state index in [1.807, 2.05) is 30.3 Å². The number of nitrogens with one attached hydrogen (secondary N) is 1. The number of primary amides is 1. The Labute approximate surface area is 153 Å². The van der Waals surface area contributed by atoms with Crippen LogP contribution >= 0.6 is 0 Å². The minimum absolute atomic E-state index is 0.0658. The molecule has 7 heteroatoms. The van der Waals surface area contributed by atoms with E-state index in [-0.39, 0.29) is 29.4 Å². The third-order valence-electron chi connectivity index (χ3n) is 3.94. The highest BCUT2D eigenvalue weighted by atomic mass is 32.2. The molecule has 138 valence electrons. The SMILES string of the molecule is NC(=O)[C@@H](CCS(=O)(=O)c1ccccc1)NC(=O)CCc1ccccc1. The molecule has 0 saturated carbocycles. The maximum absolute atomic E-state index is 12.3. The summed E-state index contributed by atoms with van der Waals surface area (Å²) in [6, 6.07) is 16.4. The molecular formula is C19H22N2O4S. The van der Waals surface area contributed by atoms with Crippen LogP contribution in [0.25, 0.3) is 0 Å². The Morgan fingerprint density at radius 3 is 2.12 bits per heavy atom. The Hall–Kier alpha value is -2.67. The predicted molar refractivity (Wildman–Crippen MR) is 99.0 cm³/mol. The number of carbonyl (C=O) groups is 2. The second-order valence-electron chi connectivity index (χ2n) is 5.93. The Bertz CT molecular complexity index is 836. The average molecular weight is 374 g/mol. The molecule has 0 spiro atoms. The first-order chi connectivity index (χ1) is 12.4. The van der Waals surface area contributed by atoms with Gasteiger partial charge in [-0.15, -0.1) is 0 Å². The fourth-order valence-electron chi connectivity index (χ4n) is 2.47. The van der Waals surface area contributed by atoms with Gasteiger partial charge in [0.15, 0.2) is 9.84 Å². The van der Waals surface area contributed by atoms with Crippen LogP contribution in [0.15, 0.2) is 65.6 Å². The van der Waals surface area contributed by atoms with Crippen molar-refractivity contribution in [2.75, 3.05) is 5.75 Å². The lowest BCUT2D eigenvalue weighted by molar-refractivity contribution is -0.127. The standard InChI is InChI=1S/C19H22N2O4S/c20-19(23)17(13-14-26(24,25)16-9-5-2-6-10-16)21-18(22)12-11-15-7-3-1-4-8-15/h1-10,17H,11-14H2,(H2,20,23)(H,21,22)/t17-/m1/s1. The van der Waals surface area contributed by atoms with Gasteiger partial charge in [-0.05, 0) is 30.5 Å². The van der Waals surface area contributed by atoms with Gasteiger partial charge in [0, 0.05) is 6.42 Å². The van der Waals surface area contributed by atoms with Crippen LogP contribution < -0.4 is 11.1 Å². The molecule has 1 atom stereocenters. The summed E-state index contributed by atoms with van der Waals surface area (Å²) in [5.41, 5.74) is 6.32. The summed E-state index contributed by atoms with van der Waals surface area (Å²) in [6.45, 7) is 0. The molecular weight excluding hydrogens is 352 g/mol. The topological polar surface area (TPSA) is 106 Å². The summed E-state index contributed by atoms with van der Waals surface area (Å²) in [6.07, 6.45) is 0.656. The lowest BCUT2D eigenvalue weighted by Crippen LogP contribution is -2.45. The molecule has 0 saturated heterocycles. The number of hydrogen-bond donors (Lipinski definition) is 2. The quantitative estimate of drug-likeness (QED) is 0.693. The highest BCUT2D eigenvalue weighted by Crippen LogP contribution is 2.12. The maximum Gasteiger partial charge on any atom is 0.240 e. The zero-order valence-electron chi connectivity index (χ0n) is 14.3. The van der Waals surface area contributed by atoms with Crippen LogP contribution in [-0.2, 0) is 25.8 Å². The van der Waals surface area contributed by atoms with Crippen LogP contribution in [0.3, 0.4) is 0 Å². The number of hydrogen-bond acceptors (Lipinski definition) is 4. The molecule has 0 aliphatic rings. The largest absolute Gasteiger partial charge is 0.368 e. The average Bonchev–Trinajstić information content (AvgIpc) is 2.65. The first-order valence-electron chi connectivity index (χ1n) is 8.29.